The van der Waals surface area contributed by atoms with E-state index in [9.17, 15) is 17.2 Å². The van der Waals surface area contributed by atoms with Crippen LogP contribution in [0.1, 0.15) is 31.4 Å². The van der Waals surface area contributed by atoms with Gasteiger partial charge in [-0.3, -0.25) is 0 Å². The third-order valence-electron chi connectivity index (χ3n) is 5.13. The first-order chi connectivity index (χ1) is 13.6. The lowest BCUT2D eigenvalue weighted by Crippen LogP contribution is -2.32. The molecule has 1 unspecified atom stereocenters. The molecule has 0 aromatic heterocycles. The van der Waals surface area contributed by atoms with Crippen molar-refractivity contribution in [2.24, 2.45) is 5.73 Å². The largest absolute Gasteiger partial charge is 0.322 e. The third kappa shape index (κ3) is 4.71. The van der Waals surface area contributed by atoms with Crippen LogP contribution in [-0.4, -0.2) is 8.42 Å². The lowest BCUT2D eigenvalue weighted by Gasteiger charge is -2.24. The van der Waals surface area contributed by atoms with Crippen LogP contribution in [0.15, 0.2) is 71.6 Å². The van der Waals surface area contributed by atoms with Crippen LogP contribution in [-0.2, 0) is 21.1 Å². The molecule has 0 spiro atoms. The van der Waals surface area contributed by atoms with Crippen LogP contribution < -0.4 is 5.73 Å². The van der Waals surface area contributed by atoms with Gasteiger partial charge in [0.25, 0.3) is 0 Å². The first-order valence-electron chi connectivity index (χ1n) is 9.29. The number of hydrogen-bond acceptors (Lipinski definition) is 3. The van der Waals surface area contributed by atoms with Crippen molar-refractivity contribution in [3.63, 3.8) is 0 Å². The molecule has 3 aromatic carbocycles. The Morgan fingerprint density at radius 1 is 0.966 bits per heavy atom. The minimum Gasteiger partial charge on any atom is -0.322 e. The normalized spacial score (nSPS) is 13.8. The summed E-state index contributed by atoms with van der Waals surface area (Å²) in [6.45, 7) is 3.89. The Hall–Kier alpha value is -2.57. The lowest BCUT2D eigenvalue weighted by atomic mass is 9.90. The van der Waals surface area contributed by atoms with Gasteiger partial charge in [-0.1, -0.05) is 43.3 Å². The maximum atomic E-state index is 14.0. The zero-order valence-electron chi connectivity index (χ0n) is 16.3. The van der Waals surface area contributed by atoms with E-state index in [1.54, 1.807) is 12.1 Å². The maximum Gasteiger partial charge on any atom is 0.182 e. The van der Waals surface area contributed by atoms with Gasteiger partial charge in [-0.15, -0.1) is 0 Å². The van der Waals surface area contributed by atoms with E-state index in [2.05, 4.69) is 0 Å². The molecule has 0 fully saturated rings. The fourth-order valence-corrected chi connectivity index (χ4v) is 4.42. The predicted octanol–water partition coefficient (Wildman–Crippen LogP) is 5.19. The highest BCUT2D eigenvalue weighted by Gasteiger charge is 2.21. The van der Waals surface area contributed by atoms with E-state index < -0.39 is 27.0 Å². The number of hydrogen-bond donors (Lipinski definition) is 1. The second kappa shape index (κ2) is 8.05. The van der Waals surface area contributed by atoms with Crippen LogP contribution in [0.4, 0.5) is 8.78 Å². The minimum atomic E-state index is -3.59. The smallest absolute Gasteiger partial charge is 0.182 e. The summed E-state index contributed by atoms with van der Waals surface area (Å²) in [5.74, 6) is -1.52. The summed E-state index contributed by atoms with van der Waals surface area (Å²) in [4.78, 5) is 0.139. The second-order valence-corrected chi connectivity index (χ2v) is 9.37. The van der Waals surface area contributed by atoms with Crippen molar-refractivity contribution in [3.05, 3.63) is 89.5 Å². The molecule has 0 heterocycles. The average molecular weight is 416 g/mol. The molecule has 6 heteroatoms. The Balaban J connectivity index is 1.86. The number of halogens is 2. The Kier molecular flexibility index (Phi) is 5.87. The Morgan fingerprint density at radius 2 is 1.66 bits per heavy atom. The van der Waals surface area contributed by atoms with Gasteiger partial charge >= 0.3 is 0 Å². The van der Waals surface area contributed by atoms with Gasteiger partial charge in [0.2, 0.25) is 0 Å². The summed E-state index contributed by atoms with van der Waals surface area (Å²) in [7, 11) is -3.59. The summed E-state index contributed by atoms with van der Waals surface area (Å²) in [6.07, 6.45) is 0.727. The van der Waals surface area contributed by atoms with E-state index in [1.807, 2.05) is 26.0 Å². The summed E-state index contributed by atoms with van der Waals surface area (Å²) in [6, 6.07) is 16.5. The van der Waals surface area contributed by atoms with Crippen LogP contribution in [0.25, 0.3) is 11.1 Å². The standard InChI is InChI=1S/C23H23F2NO2S/c1-3-23(2,26)18-6-4-5-16(13-18)15-29(27,28)20-10-7-17(8-11-20)21-12-9-19(24)14-22(21)25/h4-14H,3,15,26H2,1-2H3. The summed E-state index contributed by atoms with van der Waals surface area (Å²) < 4.78 is 52.7. The lowest BCUT2D eigenvalue weighted by molar-refractivity contribution is 0.476. The molecule has 2 N–H and O–H groups in total. The molecule has 0 saturated heterocycles. The van der Waals surface area contributed by atoms with Gasteiger partial charge in [0.1, 0.15) is 11.6 Å². The van der Waals surface area contributed by atoms with Gasteiger partial charge < -0.3 is 5.73 Å². The maximum absolute atomic E-state index is 14.0. The van der Waals surface area contributed by atoms with Crippen LogP contribution >= 0.6 is 0 Å². The zero-order chi connectivity index (χ0) is 21.2. The molecule has 0 aliphatic carbocycles. The van der Waals surface area contributed by atoms with Crippen LogP contribution in [0, 0.1) is 11.6 Å². The summed E-state index contributed by atoms with van der Waals surface area (Å²) in [5.41, 5.74) is 7.97. The first-order valence-corrected chi connectivity index (χ1v) is 10.9. The van der Waals surface area contributed by atoms with Crippen molar-refractivity contribution in [2.45, 2.75) is 36.5 Å². The van der Waals surface area contributed by atoms with Crippen molar-refractivity contribution >= 4 is 9.84 Å². The van der Waals surface area contributed by atoms with E-state index >= 15 is 0 Å². The molecule has 0 bridgehead atoms. The van der Waals surface area contributed by atoms with Gasteiger partial charge in [0.05, 0.1) is 10.6 Å². The van der Waals surface area contributed by atoms with Crippen molar-refractivity contribution in [2.75, 3.05) is 0 Å². The second-order valence-electron chi connectivity index (χ2n) is 7.38. The van der Waals surface area contributed by atoms with Crippen molar-refractivity contribution < 1.29 is 17.2 Å². The topological polar surface area (TPSA) is 60.2 Å². The average Bonchev–Trinajstić information content (AvgIpc) is 2.68. The molecule has 0 amide bonds. The molecule has 1 atom stereocenters. The molecular formula is C23H23F2NO2S. The van der Waals surface area contributed by atoms with E-state index in [1.165, 1.54) is 30.3 Å². The number of nitrogens with two attached hydrogens (primary N) is 1. The molecular weight excluding hydrogens is 392 g/mol. The van der Waals surface area contributed by atoms with Crippen LogP contribution in [0.3, 0.4) is 0 Å². The number of rotatable bonds is 6. The highest BCUT2D eigenvalue weighted by Crippen LogP contribution is 2.27. The van der Waals surface area contributed by atoms with Crippen molar-refractivity contribution in [1.29, 1.82) is 0 Å². The zero-order valence-corrected chi connectivity index (χ0v) is 17.1. The van der Waals surface area contributed by atoms with E-state index in [0.29, 0.717) is 11.1 Å². The molecule has 0 radical (unpaired) electrons. The Labute approximate surface area is 170 Å². The fourth-order valence-electron chi connectivity index (χ4n) is 3.09. The molecule has 3 aromatic rings. The SMILES string of the molecule is CCC(C)(N)c1cccc(CS(=O)(=O)c2ccc(-c3ccc(F)cc3F)cc2)c1. The highest BCUT2D eigenvalue weighted by molar-refractivity contribution is 7.90. The van der Waals surface area contributed by atoms with E-state index in [4.69, 9.17) is 5.73 Å². The molecule has 29 heavy (non-hydrogen) atoms. The summed E-state index contributed by atoms with van der Waals surface area (Å²) >= 11 is 0. The molecule has 0 saturated carbocycles. The predicted molar refractivity (Wildman–Crippen MR) is 111 cm³/mol. The van der Waals surface area contributed by atoms with Crippen LogP contribution in [0.5, 0.6) is 0 Å². The van der Waals surface area contributed by atoms with Gasteiger partial charge in [-0.25, -0.2) is 17.2 Å². The monoisotopic (exact) mass is 415 g/mol. The van der Waals surface area contributed by atoms with Crippen molar-refractivity contribution in [1.82, 2.24) is 0 Å². The highest BCUT2D eigenvalue weighted by atomic mass is 32.2. The van der Waals surface area contributed by atoms with Gasteiger partial charge in [0.15, 0.2) is 9.84 Å². The first kappa shape index (κ1) is 21.1. The Bertz CT molecular complexity index is 1120. The third-order valence-corrected chi connectivity index (χ3v) is 6.84. The molecule has 3 rings (SSSR count). The molecule has 0 aliphatic heterocycles. The quantitative estimate of drug-likeness (QED) is 0.603. The van der Waals surface area contributed by atoms with Gasteiger partial charge in [0, 0.05) is 17.2 Å². The molecule has 152 valence electrons. The number of benzene rings is 3. The minimum absolute atomic E-state index is 0.139. The van der Waals surface area contributed by atoms with Gasteiger partial charge in [-0.05, 0) is 54.3 Å². The number of sulfone groups is 1. The summed E-state index contributed by atoms with van der Waals surface area (Å²) in [5, 5.41) is 0. The van der Waals surface area contributed by atoms with Crippen molar-refractivity contribution in [3.8, 4) is 11.1 Å². The van der Waals surface area contributed by atoms with Gasteiger partial charge in [-0.2, -0.15) is 0 Å². The fraction of sp³-hybridized carbons (Fsp3) is 0.217. The van der Waals surface area contributed by atoms with E-state index in [0.717, 1.165) is 24.1 Å². The van der Waals surface area contributed by atoms with E-state index in [-0.39, 0.29) is 16.2 Å². The molecule has 0 aliphatic rings. The Morgan fingerprint density at radius 3 is 2.28 bits per heavy atom. The van der Waals surface area contributed by atoms with Crippen LogP contribution in [0.2, 0.25) is 0 Å². The molecule has 3 nitrogen and oxygen atoms in total.